The van der Waals surface area contributed by atoms with Crippen LogP contribution in [0.4, 0.5) is 0 Å². The quantitative estimate of drug-likeness (QED) is 0.335. The lowest BCUT2D eigenvalue weighted by atomic mass is 10.3. The van der Waals surface area contributed by atoms with Crippen molar-refractivity contribution >= 4 is 12.1 Å². The summed E-state index contributed by atoms with van der Waals surface area (Å²) in [6, 6.07) is 0. The molecular formula is C4H6O4. The number of hydrogen-bond acceptors (Lipinski definition) is 4. The van der Waals surface area contributed by atoms with E-state index in [0.29, 0.717) is 0 Å². The van der Waals surface area contributed by atoms with E-state index in [1.54, 1.807) is 0 Å². The lowest BCUT2D eigenvalue weighted by molar-refractivity contribution is -0.134. The van der Waals surface area contributed by atoms with E-state index < -0.39 is 18.5 Å². The Hall–Kier alpha value is -0.740. The molecule has 0 aliphatic carbocycles. The highest BCUT2D eigenvalue weighted by Gasteiger charge is 2.10. The molecule has 4 nitrogen and oxygen atoms in total. The molecule has 0 fully saturated rings. The summed E-state index contributed by atoms with van der Waals surface area (Å²) < 4.78 is 0. The minimum absolute atomic E-state index is 0.0680. The summed E-state index contributed by atoms with van der Waals surface area (Å²) in [6.45, 7) is -0.792. The molecule has 1 unspecified atom stereocenters. The van der Waals surface area contributed by atoms with Crippen LogP contribution < -0.4 is 0 Å². The van der Waals surface area contributed by atoms with Crippen LogP contribution in [0.5, 0.6) is 0 Å². The third-order valence-corrected chi connectivity index (χ3v) is 0.615. The van der Waals surface area contributed by atoms with Gasteiger partial charge in [-0.2, -0.15) is 0 Å². The number of Topliss-reactive ketones (excluding diaryl/α,β-unsaturated/α-hetero) is 1. The highest BCUT2D eigenvalue weighted by Crippen LogP contribution is 1.76. The number of carbonyl (C=O) groups is 2. The Balaban J connectivity index is 3.62. The number of carbonyl (C=O) groups excluding carboxylic acids is 2. The van der Waals surface area contributed by atoms with Gasteiger partial charge in [0.2, 0.25) is 0 Å². The van der Waals surface area contributed by atoms with E-state index >= 15 is 0 Å². The van der Waals surface area contributed by atoms with E-state index in [9.17, 15) is 9.59 Å². The lowest BCUT2D eigenvalue weighted by Crippen LogP contribution is -2.24. The Morgan fingerprint density at radius 3 is 2.38 bits per heavy atom. The van der Waals surface area contributed by atoms with E-state index in [1.807, 2.05) is 0 Å². The second-order valence-electron chi connectivity index (χ2n) is 1.21. The van der Waals surface area contributed by atoms with Crippen LogP contribution in [0.2, 0.25) is 0 Å². The molecule has 0 rings (SSSR count). The van der Waals surface area contributed by atoms with Gasteiger partial charge in [0.25, 0.3) is 0 Å². The summed E-state index contributed by atoms with van der Waals surface area (Å²) in [5, 5.41) is 16.2. The fraction of sp³-hybridized carbons (Fsp3) is 0.500. The largest absolute Gasteiger partial charge is 0.388 e. The van der Waals surface area contributed by atoms with Crippen LogP contribution in [-0.4, -0.2) is 35.0 Å². The van der Waals surface area contributed by atoms with E-state index in [0.717, 1.165) is 0 Å². The number of rotatable bonds is 3. The standard InChI is InChI=1S/C4H6O4/c5-1-3(7)4(8)2-6/h1,3,6-7H,2H2. The maximum Gasteiger partial charge on any atom is 0.193 e. The first-order valence-electron chi connectivity index (χ1n) is 1.99. The zero-order valence-corrected chi connectivity index (χ0v) is 4.07. The molecule has 1 atom stereocenters. The third kappa shape index (κ3) is 1.81. The van der Waals surface area contributed by atoms with E-state index in [1.165, 1.54) is 0 Å². The molecule has 4 heteroatoms. The molecule has 0 aliphatic heterocycles. The number of aldehydes is 1. The molecule has 0 aromatic rings. The molecule has 0 radical (unpaired) electrons. The van der Waals surface area contributed by atoms with Gasteiger partial charge in [0, 0.05) is 0 Å². The van der Waals surface area contributed by atoms with Gasteiger partial charge in [-0.15, -0.1) is 0 Å². The summed E-state index contributed by atoms with van der Waals surface area (Å²) in [6.07, 6.45) is -1.58. The van der Waals surface area contributed by atoms with Crippen molar-refractivity contribution in [3.8, 4) is 0 Å². The SMILES string of the molecule is O=CC(O)C(=O)CO. The van der Waals surface area contributed by atoms with Crippen molar-refractivity contribution in [2.45, 2.75) is 6.10 Å². The van der Waals surface area contributed by atoms with Crippen LogP contribution in [0.1, 0.15) is 0 Å². The summed E-state index contributed by atoms with van der Waals surface area (Å²) in [4.78, 5) is 19.5. The maximum absolute atomic E-state index is 10.0. The van der Waals surface area contributed by atoms with Gasteiger partial charge in [-0.1, -0.05) is 0 Å². The van der Waals surface area contributed by atoms with Gasteiger partial charge in [-0.3, -0.25) is 9.59 Å². The first kappa shape index (κ1) is 7.26. The minimum atomic E-state index is -1.65. The van der Waals surface area contributed by atoms with Crippen molar-refractivity contribution in [3.63, 3.8) is 0 Å². The Morgan fingerprint density at radius 1 is 1.75 bits per heavy atom. The molecule has 0 amide bonds. The lowest BCUT2D eigenvalue weighted by Gasteiger charge is -1.93. The molecule has 0 saturated carbocycles. The minimum Gasteiger partial charge on any atom is -0.388 e. The first-order valence-corrected chi connectivity index (χ1v) is 1.99. The molecular weight excluding hydrogens is 112 g/mol. The van der Waals surface area contributed by atoms with Crippen molar-refractivity contribution < 1.29 is 19.8 Å². The Morgan fingerprint density at radius 2 is 2.25 bits per heavy atom. The number of aliphatic hydroxyl groups is 2. The number of hydrogen-bond donors (Lipinski definition) is 2. The van der Waals surface area contributed by atoms with Crippen LogP contribution in [0.25, 0.3) is 0 Å². The predicted molar refractivity (Wildman–Crippen MR) is 24.2 cm³/mol. The monoisotopic (exact) mass is 118 g/mol. The molecule has 0 bridgehead atoms. The van der Waals surface area contributed by atoms with Gasteiger partial charge < -0.3 is 10.2 Å². The van der Waals surface area contributed by atoms with Gasteiger partial charge in [0.1, 0.15) is 6.61 Å². The average molecular weight is 118 g/mol. The molecule has 2 N–H and O–H groups in total. The molecule has 0 aromatic carbocycles. The maximum atomic E-state index is 10.0. The van der Waals surface area contributed by atoms with Crippen LogP contribution >= 0.6 is 0 Å². The second kappa shape index (κ2) is 3.29. The first-order chi connectivity index (χ1) is 3.72. The molecule has 0 spiro atoms. The fourth-order valence-corrected chi connectivity index (χ4v) is 0.169. The fourth-order valence-electron chi connectivity index (χ4n) is 0.169. The molecule has 8 heavy (non-hydrogen) atoms. The number of ketones is 1. The Labute approximate surface area is 45.7 Å². The Kier molecular flexibility index (Phi) is 2.98. The Bertz CT molecular complexity index is 98.2. The van der Waals surface area contributed by atoms with Crippen molar-refractivity contribution in [2.75, 3.05) is 6.61 Å². The van der Waals surface area contributed by atoms with Crippen LogP contribution in [0, 0.1) is 0 Å². The van der Waals surface area contributed by atoms with Crippen molar-refractivity contribution in [1.29, 1.82) is 0 Å². The van der Waals surface area contributed by atoms with Crippen LogP contribution in [0.3, 0.4) is 0 Å². The molecule has 0 aromatic heterocycles. The summed E-state index contributed by atoms with van der Waals surface area (Å²) >= 11 is 0. The van der Waals surface area contributed by atoms with E-state index in [4.69, 9.17) is 10.2 Å². The summed E-state index contributed by atoms with van der Waals surface area (Å²) in [5.74, 6) is -0.875. The summed E-state index contributed by atoms with van der Waals surface area (Å²) in [5.41, 5.74) is 0. The summed E-state index contributed by atoms with van der Waals surface area (Å²) in [7, 11) is 0. The van der Waals surface area contributed by atoms with Gasteiger partial charge in [0.05, 0.1) is 0 Å². The van der Waals surface area contributed by atoms with Crippen LogP contribution in [0.15, 0.2) is 0 Å². The number of aliphatic hydroxyl groups excluding tert-OH is 2. The highest BCUT2D eigenvalue weighted by atomic mass is 16.3. The van der Waals surface area contributed by atoms with Gasteiger partial charge in [0.15, 0.2) is 18.2 Å². The van der Waals surface area contributed by atoms with Crippen molar-refractivity contribution in [3.05, 3.63) is 0 Å². The van der Waals surface area contributed by atoms with Gasteiger partial charge >= 0.3 is 0 Å². The van der Waals surface area contributed by atoms with E-state index in [-0.39, 0.29) is 6.29 Å². The zero-order chi connectivity index (χ0) is 6.57. The predicted octanol–water partition coefficient (Wildman–Crippen LogP) is -1.89. The molecule has 0 heterocycles. The smallest absolute Gasteiger partial charge is 0.193 e. The molecule has 46 valence electrons. The second-order valence-corrected chi connectivity index (χ2v) is 1.21. The van der Waals surface area contributed by atoms with Crippen molar-refractivity contribution in [1.82, 2.24) is 0 Å². The molecule has 0 saturated heterocycles. The van der Waals surface area contributed by atoms with Crippen LogP contribution in [-0.2, 0) is 9.59 Å². The highest BCUT2D eigenvalue weighted by molar-refractivity contribution is 5.96. The normalized spacial score (nSPS) is 12.8. The molecule has 0 aliphatic rings. The topological polar surface area (TPSA) is 74.6 Å². The van der Waals surface area contributed by atoms with Gasteiger partial charge in [-0.05, 0) is 0 Å². The average Bonchev–Trinajstić information content (AvgIpc) is 1.84. The zero-order valence-electron chi connectivity index (χ0n) is 4.07. The van der Waals surface area contributed by atoms with E-state index in [2.05, 4.69) is 0 Å². The van der Waals surface area contributed by atoms with Gasteiger partial charge in [-0.25, -0.2) is 0 Å². The third-order valence-electron chi connectivity index (χ3n) is 0.615. The van der Waals surface area contributed by atoms with Crippen molar-refractivity contribution in [2.24, 2.45) is 0 Å².